The van der Waals surface area contributed by atoms with Crippen molar-refractivity contribution in [3.63, 3.8) is 0 Å². The molecule has 1 N–H and O–H groups in total. The Labute approximate surface area is 128 Å². The lowest BCUT2D eigenvalue weighted by molar-refractivity contribution is 0.752. The molecule has 0 spiro atoms. The lowest BCUT2D eigenvalue weighted by atomic mass is 10.3. The summed E-state index contributed by atoms with van der Waals surface area (Å²) in [5.74, 6) is 2.05. The predicted molar refractivity (Wildman–Crippen MR) is 87.2 cm³/mol. The van der Waals surface area contributed by atoms with Gasteiger partial charge >= 0.3 is 0 Å². The van der Waals surface area contributed by atoms with Crippen LogP contribution in [0.2, 0.25) is 0 Å². The van der Waals surface area contributed by atoms with Gasteiger partial charge in [0.25, 0.3) is 0 Å². The van der Waals surface area contributed by atoms with Crippen LogP contribution in [0.5, 0.6) is 0 Å². The first-order valence-electron chi connectivity index (χ1n) is 7.06. The molecule has 0 atom stereocenters. The number of rotatable bonds is 6. The summed E-state index contributed by atoms with van der Waals surface area (Å²) >= 11 is 1.72. The summed E-state index contributed by atoms with van der Waals surface area (Å²) in [4.78, 5) is 17.7. The van der Waals surface area contributed by atoms with Crippen molar-refractivity contribution in [3.05, 3.63) is 22.4 Å². The second-order valence-electron chi connectivity index (χ2n) is 5.39. The number of aromatic nitrogens is 3. The zero-order valence-corrected chi connectivity index (χ0v) is 13.4. The van der Waals surface area contributed by atoms with E-state index in [9.17, 15) is 0 Å². The second-order valence-corrected chi connectivity index (χ2v) is 6.17. The third-order valence-corrected chi connectivity index (χ3v) is 4.15. The predicted octanol–water partition coefficient (Wildman–Crippen LogP) is 2.21. The van der Waals surface area contributed by atoms with Crippen molar-refractivity contribution in [2.45, 2.75) is 25.4 Å². The lowest BCUT2D eigenvalue weighted by Crippen LogP contribution is -2.28. The molecule has 2 heterocycles. The molecule has 1 saturated carbocycles. The third-order valence-electron chi connectivity index (χ3n) is 3.41. The van der Waals surface area contributed by atoms with E-state index < -0.39 is 0 Å². The van der Waals surface area contributed by atoms with Crippen LogP contribution in [0.25, 0.3) is 0 Å². The molecule has 0 bridgehead atoms. The highest BCUT2D eigenvalue weighted by atomic mass is 32.1. The molecular formula is C14H20N6S. The summed E-state index contributed by atoms with van der Waals surface area (Å²) in [5.41, 5.74) is 1.31. The van der Waals surface area contributed by atoms with Crippen molar-refractivity contribution in [3.8, 4) is 0 Å². The van der Waals surface area contributed by atoms with Gasteiger partial charge in [-0.2, -0.15) is 26.3 Å². The Hall–Kier alpha value is -1.89. The van der Waals surface area contributed by atoms with Crippen molar-refractivity contribution in [2.24, 2.45) is 0 Å². The fourth-order valence-electron chi connectivity index (χ4n) is 2.12. The molecule has 0 aliphatic heterocycles. The van der Waals surface area contributed by atoms with E-state index in [4.69, 9.17) is 0 Å². The van der Waals surface area contributed by atoms with Crippen molar-refractivity contribution in [1.82, 2.24) is 15.0 Å². The maximum atomic E-state index is 4.62. The quantitative estimate of drug-likeness (QED) is 0.883. The molecule has 1 fully saturated rings. The van der Waals surface area contributed by atoms with E-state index in [1.807, 2.05) is 26.0 Å². The average Bonchev–Trinajstić information content (AvgIpc) is 3.20. The van der Waals surface area contributed by atoms with E-state index in [2.05, 4.69) is 42.0 Å². The van der Waals surface area contributed by atoms with Crippen molar-refractivity contribution in [1.29, 1.82) is 0 Å². The highest BCUT2D eigenvalue weighted by Gasteiger charge is 2.31. The lowest BCUT2D eigenvalue weighted by Gasteiger charge is -2.23. The van der Waals surface area contributed by atoms with Crippen LogP contribution in [0, 0.1) is 0 Å². The Kier molecular flexibility index (Phi) is 3.92. The summed E-state index contributed by atoms with van der Waals surface area (Å²) in [6, 6.07) is 2.71. The Morgan fingerprint density at radius 1 is 1.24 bits per heavy atom. The molecule has 0 unspecified atom stereocenters. The summed E-state index contributed by atoms with van der Waals surface area (Å²) in [6.07, 6.45) is 2.42. The molecule has 1 aliphatic rings. The van der Waals surface area contributed by atoms with Gasteiger partial charge in [0.1, 0.15) is 0 Å². The van der Waals surface area contributed by atoms with E-state index in [0.717, 1.165) is 12.5 Å². The van der Waals surface area contributed by atoms with Gasteiger partial charge in [-0.15, -0.1) is 0 Å². The molecule has 3 rings (SSSR count). The molecule has 2 aromatic rings. The maximum absolute atomic E-state index is 4.62. The van der Waals surface area contributed by atoms with Crippen LogP contribution >= 0.6 is 11.3 Å². The molecule has 0 radical (unpaired) electrons. The van der Waals surface area contributed by atoms with E-state index in [1.165, 1.54) is 18.4 Å². The van der Waals surface area contributed by atoms with Gasteiger partial charge in [-0.25, -0.2) is 0 Å². The molecule has 0 saturated heterocycles. The highest BCUT2D eigenvalue weighted by molar-refractivity contribution is 7.07. The van der Waals surface area contributed by atoms with Crippen LogP contribution in [0.15, 0.2) is 16.8 Å². The Morgan fingerprint density at radius 2 is 2.00 bits per heavy atom. The number of thiophene rings is 1. The Morgan fingerprint density at radius 3 is 2.57 bits per heavy atom. The zero-order valence-electron chi connectivity index (χ0n) is 12.6. The minimum Gasteiger partial charge on any atom is -0.357 e. The van der Waals surface area contributed by atoms with Crippen molar-refractivity contribution < 1.29 is 0 Å². The van der Waals surface area contributed by atoms with Gasteiger partial charge < -0.3 is 15.1 Å². The second kappa shape index (κ2) is 5.85. The molecule has 6 nitrogen and oxygen atoms in total. The summed E-state index contributed by atoms with van der Waals surface area (Å²) in [5, 5.41) is 7.31. The molecule has 1 aliphatic carbocycles. The van der Waals surface area contributed by atoms with Crippen LogP contribution < -0.4 is 15.1 Å². The molecular weight excluding hydrogens is 284 g/mol. The maximum Gasteiger partial charge on any atom is 0.232 e. The minimum absolute atomic E-state index is 0.548. The van der Waals surface area contributed by atoms with E-state index in [-0.39, 0.29) is 0 Å². The molecule has 112 valence electrons. The van der Waals surface area contributed by atoms with Crippen LogP contribution in [0.3, 0.4) is 0 Å². The average molecular weight is 304 g/mol. The van der Waals surface area contributed by atoms with Gasteiger partial charge in [0, 0.05) is 33.7 Å². The molecule has 7 heteroatoms. The Balaban J connectivity index is 1.92. The zero-order chi connectivity index (χ0) is 14.8. The first kappa shape index (κ1) is 14.1. The first-order valence-corrected chi connectivity index (χ1v) is 8.00. The van der Waals surface area contributed by atoms with Crippen LogP contribution in [0.4, 0.5) is 17.8 Å². The monoisotopic (exact) mass is 304 g/mol. The third kappa shape index (κ3) is 3.24. The van der Waals surface area contributed by atoms with Gasteiger partial charge in [0.05, 0.1) is 0 Å². The highest BCUT2D eigenvalue weighted by Crippen LogP contribution is 2.32. The number of hydrogen-bond acceptors (Lipinski definition) is 7. The van der Waals surface area contributed by atoms with E-state index in [0.29, 0.717) is 17.9 Å². The van der Waals surface area contributed by atoms with Gasteiger partial charge in [0.15, 0.2) is 0 Å². The number of nitrogens with one attached hydrogen (secondary N) is 1. The number of anilines is 3. The molecule has 2 aromatic heterocycles. The topological polar surface area (TPSA) is 57.2 Å². The Bertz CT molecular complexity index is 594. The summed E-state index contributed by atoms with van der Waals surface area (Å²) in [7, 11) is 5.72. The van der Waals surface area contributed by atoms with Crippen molar-refractivity contribution >= 4 is 29.2 Å². The van der Waals surface area contributed by atoms with E-state index in [1.54, 1.807) is 11.3 Å². The molecule has 0 amide bonds. The van der Waals surface area contributed by atoms with Crippen molar-refractivity contribution in [2.75, 3.05) is 36.3 Å². The fourth-order valence-corrected chi connectivity index (χ4v) is 2.78. The largest absolute Gasteiger partial charge is 0.357 e. The van der Waals surface area contributed by atoms with E-state index >= 15 is 0 Å². The van der Waals surface area contributed by atoms with Crippen LogP contribution in [-0.2, 0) is 6.54 Å². The standard InChI is InChI=1S/C14H20N6S/c1-15-12-16-13(19(2)3)18-14(17-12)20(11-4-5-11)8-10-6-7-21-9-10/h6-7,9,11H,4-5,8H2,1-3H3,(H,15,16,17,18). The first-order chi connectivity index (χ1) is 10.2. The normalized spacial score (nSPS) is 14.0. The molecule has 21 heavy (non-hydrogen) atoms. The number of nitrogens with zero attached hydrogens (tertiary/aromatic N) is 5. The summed E-state index contributed by atoms with van der Waals surface area (Å²) in [6.45, 7) is 0.855. The SMILES string of the molecule is CNc1nc(N(C)C)nc(N(Cc2ccsc2)C2CC2)n1. The minimum atomic E-state index is 0.548. The fraction of sp³-hybridized carbons (Fsp3) is 0.500. The molecule has 0 aromatic carbocycles. The van der Waals surface area contributed by atoms with Gasteiger partial charge in [-0.1, -0.05) is 0 Å². The smallest absolute Gasteiger partial charge is 0.232 e. The van der Waals surface area contributed by atoms with Crippen LogP contribution in [0.1, 0.15) is 18.4 Å². The van der Waals surface area contributed by atoms with Gasteiger partial charge in [0.2, 0.25) is 17.8 Å². The summed E-state index contributed by atoms with van der Waals surface area (Å²) < 4.78 is 0. The van der Waals surface area contributed by atoms with Gasteiger partial charge in [-0.05, 0) is 35.2 Å². The number of hydrogen-bond donors (Lipinski definition) is 1. The van der Waals surface area contributed by atoms with Gasteiger partial charge in [-0.3, -0.25) is 0 Å². The van der Waals surface area contributed by atoms with Crippen LogP contribution in [-0.4, -0.2) is 42.1 Å².